The number of hydrogen-bond acceptors (Lipinski definition) is 3. The van der Waals surface area contributed by atoms with Crippen LogP contribution in [0.25, 0.3) is 0 Å². The van der Waals surface area contributed by atoms with Crippen LogP contribution in [0.1, 0.15) is 25.8 Å². The number of halogens is 1. The molecule has 5 heteroatoms. The van der Waals surface area contributed by atoms with Crippen LogP contribution in [0.5, 0.6) is 5.75 Å². The minimum atomic E-state index is -0.890. The number of hydrogen-bond donors (Lipinski definition) is 2. The van der Waals surface area contributed by atoms with E-state index in [2.05, 4.69) is 5.32 Å². The van der Waals surface area contributed by atoms with Crippen LogP contribution in [0.3, 0.4) is 0 Å². The Balaban J connectivity index is 2.44. The topological polar surface area (TPSA) is 58.6 Å². The van der Waals surface area contributed by atoms with Gasteiger partial charge < -0.3 is 15.2 Å². The van der Waals surface area contributed by atoms with E-state index in [-0.39, 0.29) is 12.5 Å². The zero-order valence-electron chi connectivity index (χ0n) is 11.5. The summed E-state index contributed by atoms with van der Waals surface area (Å²) in [5.41, 5.74) is 0.0863. The van der Waals surface area contributed by atoms with Crippen LogP contribution in [0.2, 0.25) is 5.02 Å². The molecule has 0 aliphatic rings. The molecule has 0 spiro atoms. The Hall–Kier alpha value is -1.26. The van der Waals surface area contributed by atoms with Crippen molar-refractivity contribution in [3.8, 4) is 5.75 Å². The molecule has 0 bridgehead atoms. The van der Waals surface area contributed by atoms with Gasteiger partial charge in [0.2, 0.25) is 5.91 Å². The highest BCUT2D eigenvalue weighted by Gasteiger charge is 2.13. The maximum Gasteiger partial charge on any atom is 0.220 e. The van der Waals surface area contributed by atoms with Crippen molar-refractivity contribution >= 4 is 17.5 Å². The number of amides is 1. The quantitative estimate of drug-likeness (QED) is 0.842. The molecule has 0 radical (unpaired) electrons. The summed E-state index contributed by atoms with van der Waals surface area (Å²) in [6.07, 6.45) is 0.958. The number of nitrogens with one attached hydrogen (secondary N) is 1. The molecule has 2 N–H and O–H groups in total. The van der Waals surface area contributed by atoms with Crippen LogP contribution >= 0.6 is 11.6 Å². The van der Waals surface area contributed by atoms with E-state index in [4.69, 9.17) is 16.3 Å². The fourth-order valence-corrected chi connectivity index (χ4v) is 1.81. The lowest BCUT2D eigenvalue weighted by Crippen LogP contribution is -2.38. The summed E-state index contributed by atoms with van der Waals surface area (Å²) in [5.74, 6) is 0.533. The number of carbonyl (C=O) groups excluding carboxylic acids is 1. The number of rotatable bonds is 6. The van der Waals surface area contributed by atoms with Crippen molar-refractivity contribution in [2.75, 3.05) is 13.7 Å². The molecule has 1 aromatic carbocycles. The lowest BCUT2D eigenvalue weighted by Gasteiger charge is -2.17. The Morgan fingerprint density at radius 2 is 2.16 bits per heavy atom. The third-order valence-corrected chi connectivity index (χ3v) is 2.87. The van der Waals surface area contributed by atoms with Gasteiger partial charge in [-0.3, -0.25) is 4.79 Å². The van der Waals surface area contributed by atoms with Gasteiger partial charge in [-0.25, -0.2) is 0 Å². The van der Waals surface area contributed by atoms with Crippen molar-refractivity contribution in [2.24, 2.45) is 0 Å². The molecule has 1 amide bonds. The van der Waals surface area contributed by atoms with Gasteiger partial charge in [0.05, 0.1) is 17.7 Å². The highest BCUT2D eigenvalue weighted by Crippen LogP contribution is 2.25. The average molecular weight is 286 g/mol. The number of aryl methyl sites for hydroxylation is 1. The first kappa shape index (κ1) is 15.8. The Morgan fingerprint density at radius 1 is 1.47 bits per heavy atom. The molecule has 0 saturated carbocycles. The summed E-state index contributed by atoms with van der Waals surface area (Å²) in [7, 11) is 1.56. The molecule has 0 unspecified atom stereocenters. The Bertz CT molecular complexity index is 441. The van der Waals surface area contributed by atoms with Crippen LogP contribution in [-0.2, 0) is 11.2 Å². The van der Waals surface area contributed by atoms with Crippen LogP contribution in [0.4, 0.5) is 0 Å². The normalized spacial score (nSPS) is 11.2. The molecule has 0 heterocycles. The summed E-state index contributed by atoms with van der Waals surface area (Å²) in [6.45, 7) is 3.54. The van der Waals surface area contributed by atoms with E-state index >= 15 is 0 Å². The fourth-order valence-electron chi connectivity index (χ4n) is 1.53. The molecule has 1 aromatic rings. The van der Waals surface area contributed by atoms with Crippen molar-refractivity contribution < 1.29 is 14.6 Å². The molecular formula is C14H20ClNO3. The number of ether oxygens (including phenoxy) is 1. The van der Waals surface area contributed by atoms with Gasteiger partial charge in [-0.15, -0.1) is 0 Å². The van der Waals surface area contributed by atoms with Gasteiger partial charge in [0.25, 0.3) is 0 Å². The van der Waals surface area contributed by atoms with E-state index in [0.29, 0.717) is 23.6 Å². The summed E-state index contributed by atoms with van der Waals surface area (Å²) >= 11 is 6.01. The van der Waals surface area contributed by atoms with Crippen LogP contribution in [-0.4, -0.2) is 30.3 Å². The standard InChI is InChI=1S/C14H20ClNO3/c1-14(2,18)9-16-13(17)7-5-10-4-6-12(19-3)11(15)8-10/h4,6,8,18H,5,7,9H2,1-3H3,(H,16,17). The molecule has 1 rings (SSSR count). The number of carbonyl (C=O) groups is 1. The smallest absolute Gasteiger partial charge is 0.220 e. The summed E-state index contributed by atoms with van der Waals surface area (Å²) in [6, 6.07) is 5.46. The third kappa shape index (κ3) is 5.94. The van der Waals surface area contributed by atoms with Gasteiger partial charge >= 0.3 is 0 Å². The van der Waals surface area contributed by atoms with Crippen molar-refractivity contribution in [1.29, 1.82) is 0 Å². The fraction of sp³-hybridized carbons (Fsp3) is 0.500. The van der Waals surface area contributed by atoms with Gasteiger partial charge in [-0.1, -0.05) is 17.7 Å². The van der Waals surface area contributed by atoms with Crippen molar-refractivity contribution in [1.82, 2.24) is 5.32 Å². The van der Waals surface area contributed by atoms with Gasteiger partial charge in [0.1, 0.15) is 5.75 Å². The Kier molecular flexibility index (Phi) is 5.63. The Labute approximate surface area is 118 Å². The number of aliphatic hydroxyl groups is 1. The molecule has 0 fully saturated rings. The molecule has 0 aromatic heterocycles. The highest BCUT2D eigenvalue weighted by atomic mass is 35.5. The molecule has 0 aliphatic carbocycles. The molecule has 4 nitrogen and oxygen atoms in total. The molecule has 0 atom stereocenters. The molecule has 106 valence electrons. The van der Waals surface area contributed by atoms with Gasteiger partial charge in [-0.2, -0.15) is 0 Å². The third-order valence-electron chi connectivity index (χ3n) is 2.58. The largest absolute Gasteiger partial charge is 0.495 e. The van der Waals surface area contributed by atoms with E-state index in [1.54, 1.807) is 33.1 Å². The SMILES string of the molecule is COc1ccc(CCC(=O)NCC(C)(C)O)cc1Cl. The highest BCUT2D eigenvalue weighted by molar-refractivity contribution is 6.32. The predicted octanol–water partition coefficient (Wildman–Crippen LogP) is 2.17. The van der Waals surface area contributed by atoms with Crippen molar-refractivity contribution in [3.05, 3.63) is 28.8 Å². The summed E-state index contributed by atoms with van der Waals surface area (Å²) in [5, 5.41) is 12.7. The number of benzene rings is 1. The second kappa shape index (κ2) is 6.78. The maximum atomic E-state index is 11.6. The van der Waals surface area contributed by atoms with E-state index in [9.17, 15) is 9.90 Å². The average Bonchev–Trinajstić information content (AvgIpc) is 2.33. The zero-order chi connectivity index (χ0) is 14.5. The minimum absolute atomic E-state index is 0.0888. The van der Waals surface area contributed by atoms with Crippen LogP contribution in [0, 0.1) is 0 Å². The lowest BCUT2D eigenvalue weighted by molar-refractivity contribution is -0.122. The van der Waals surface area contributed by atoms with Gasteiger partial charge in [0.15, 0.2) is 0 Å². The molecule has 19 heavy (non-hydrogen) atoms. The van der Waals surface area contributed by atoms with E-state index in [0.717, 1.165) is 5.56 Å². The molecule has 0 saturated heterocycles. The first-order valence-corrected chi connectivity index (χ1v) is 6.51. The van der Waals surface area contributed by atoms with E-state index in [1.165, 1.54) is 0 Å². The first-order chi connectivity index (χ1) is 8.81. The number of methoxy groups -OCH3 is 1. The Morgan fingerprint density at radius 3 is 2.68 bits per heavy atom. The monoisotopic (exact) mass is 285 g/mol. The van der Waals surface area contributed by atoms with E-state index < -0.39 is 5.60 Å². The lowest BCUT2D eigenvalue weighted by atomic mass is 10.1. The van der Waals surface area contributed by atoms with E-state index in [1.807, 2.05) is 6.07 Å². The first-order valence-electron chi connectivity index (χ1n) is 6.13. The molecular weight excluding hydrogens is 266 g/mol. The second-order valence-corrected chi connectivity index (χ2v) is 5.47. The van der Waals surface area contributed by atoms with Crippen LogP contribution in [0.15, 0.2) is 18.2 Å². The molecule has 0 aliphatic heterocycles. The van der Waals surface area contributed by atoms with Gasteiger partial charge in [0, 0.05) is 13.0 Å². The minimum Gasteiger partial charge on any atom is -0.495 e. The predicted molar refractivity (Wildman–Crippen MR) is 75.6 cm³/mol. The van der Waals surface area contributed by atoms with Crippen molar-refractivity contribution in [3.63, 3.8) is 0 Å². The van der Waals surface area contributed by atoms with Crippen LogP contribution < -0.4 is 10.1 Å². The maximum absolute atomic E-state index is 11.6. The second-order valence-electron chi connectivity index (χ2n) is 5.06. The van der Waals surface area contributed by atoms with Gasteiger partial charge in [-0.05, 0) is 38.0 Å². The van der Waals surface area contributed by atoms with Crippen molar-refractivity contribution in [2.45, 2.75) is 32.3 Å². The zero-order valence-corrected chi connectivity index (χ0v) is 12.3. The summed E-state index contributed by atoms with van der Waals surface area (Å²) in [4.78, 5) is 11.6. The summed E-state index contributed by atoms with van der Waals surface area (Å²) < 4.78 is 5.06.